The highest BCUT2D eigenvalue weighted by Gasteiger charge is 2.12. The van der Waals surface area contributed by atoms with E-state index < -0.39 is 0 Å². The van der Waals surface area contributed by atoms with Gasteiger partial charge >= 0.3 is 5.97 Å². The molecule has 0 fully saturated rings. The number of carbonyl (C=O) groups is 2. The summed E-state index contributed by atoms with van der Waals surface area (Å²) in [5.74, 6) is 0.0184. The van der Waals surface area contributed by atoms with Gasteiger partial charge in [0.1, 0.15) is 5.75 Å². The zero-order valence-electron chi connectivity index (χ0n) is 13.0. The van der Waals surface area contributed by atoms with Crippen molar-refractivity contribution in [2.24, 2.45) is 0 Å². The standard InChI is InChI=1S/C16H18N2O4S/c1-3-7-22-13-6-4-5-11(8-13)15(20)18-16-17-12(10-23-16)9-14(19)21-2/h4-6,8,10H,3,7,9H2,1-2H3,(H,17,18,20). The lowest BCUT2D eigenvalue weighted by atomic mass is 10.2. The van der Waals surface area contributed by atoms with Crippen LogP contribution >= 0.6 is 11.3 Å². The Hall–Kier alpha value is -2.41. The SMILES string of the molecule is CCCOc1cccc(C(=O)Nc2nc(CC(=O)OC)cs2)c1. The maximum Gasteiger partial charge on any atom is 0.311 e. The summed E-state index contributed by atoms with van der Waals surface area (Å²) in [5, 5.41) is 4.87. The van der Waals surface area contributed by atoms with Crippen LogP contribution in [0.3, 0.4) is 0 Å². The van der Waals surface area contributed by atoms with E-state index in [2.05, 4.69) is 15.0 Å². The van der Waals surface area contributed by atoms with Crippen molar-refractivity contribution in [3.05, 3.63) is 40.9 Å². The summed E-state index contributed by atoms with van der Waals surface area (Å²) in [7, 11) is 1.32. The number of carbonyl (C=O) groups excluding carboxylic acids is 2. The molecule has 0 bridgehead atoms. The van der Waals surface area contributed by atoms with Crippen molar-refractivity contribution >= 4 is 28.3 Å². The molecule has 6 nitrogen and oxygen atoms in total. The molecule has 1 N–H and O–H groups in total. The first-order valence-corrected chi connectivity index (χ1v) is 8.05. The average molecular weight is 334 g/mol. The Bertz CT molecular complexity index is 684. The van der Waals surface area contributed by atoms with Crippen LogP contribution in [0.15, 0.2) is 29.6 Å². The van der Waals surface area contributed by atoms with E-state index in [1.807, 2.05) is 13.0 Å². The molecule has 0 aliphatic carbocycles. The van der Waals surface area contributed by atoms with Gasteiger partial charge in [-0.15, -0.1) is 11.3 Å². The Morgan fingerprint density at radius 3 is 2.91 bits per heavy atom. The van der Waals surface area contributed by atoms with Crippen LogP contribution in [-0.4, -0.2) is 30.6 Å². The van der Waals surface area contributed by atoms with Crippen molar-refractivity contribution < 1.29 is 19.1 Å². The minimum atomic E-state index is -0.367. The van der Waals surface area contributed by atoms with Crippen LogP contribution in [0.1, 0.15) is 29.4 Å². The molecule has 0 spiro atoms. The zero-order valence-corrected chi connectivity index (χ0v) is 13.8. The molecule has 0 radical (unpaired) electrons. The fraction of sp³-hybridized carbons (Fsp3) is 0.312. The van der Waals surface area contributed by atoms with E-state index in [1.54, 1.807) is 23.6 Å². The summed E-state index contributed by atoms with van der Waals surface area (Å²) in [6.45, 7) is 2.62. The minimum Gasteiger partial charge on any atom is -0.494 e. The number of rotatable bonds is 7. The monoisotopic (exact) mass is 334 g/mol. The minimum absolute atomic E-state index is 0.0865. The number of anilines is 1. The van der Waals surface area contributed by atoms with Gasteiger partial charge in [-0.3, -0.25) is 14.9 Å². The fourth-order valence-corrected chi connectivity index (χ4v) is 2.49. The molecule has 7 heteroatoms. The summed E-state index contributed by atoms with van der Waals surface area (Å²) < 4.78 is 10.1. The van der Waals surface area contributed by atoms with Gasteiger partial charge in [0.25, 0.3) is 5.91 Å². The van der Waals surface area contributed by atoms with Gasteiger partial charge in [0, 0.05) is 10.9 Å². The first kappa shape index (κ1) is 17.0. The Balaban J connectivity index is 2.00. The van der Waals surface area contributed by atoms with Crippen LogP contribution in [0.4, 0.5) is 5.13 Å². The Morgan fingerprint density at radius 2 is 2.17 bits per heavy atom. The number of esters is 1. The number of aromatic nitrogens is 1. The van der Waals surface area contributed by atoms with E-state index in [9.17, 15) is 9.59 Å². The van der Waals surface area contributed by atoms with E-state index >= 15 is 0 Å². The van der Waals surface area contributed by atoms with Crippen molar-refractivity contribution in [3.8, 4) is 5.75 Å². The Labute approximate surface area is 138 Å². The molecule has 0 aliphatic heterocycles. The third-order valence-corrected chi connectivity index (χ3v) is 3.70. The van der Waals surface area contributed by atoms with E-state index in [0.29, 0.717) is 28.7 Å². The maximum absolute atomic E-state index is 12.2. The summed E-state index contributed by atoms with van der Waals surface area (Å²) in [6.07, 6.45) is 0.988. The first-order chi connectivity index (χ1) is 11.1. The molecule has 1 heterocycles. The number of hydrogen-bond donors (Lipinski definition) is 1. The molecule has 122 valence electrons. The highest BCUT2D eigenvalue weighted by molar-refractivity contribution is 7.14. The lowest BCUT2D eigenvalue weighted by molar-refractivity contribution is -0.139. The first-order valence-electron chi connectivity index (χ1n) is 7.17. The van der Waals surface area contributed by atoms with Gasteiger partial charge in [-0.1, -0.05) is 13.0 Å². The molecule has 1 aromatic heterocycles. The van der Waals surface area contributed by atoms with E-state index in [1.165, 1.54) is 18.4 Å². The largest absolute Gasteiger partial charge is 0.494 e. The quantitative estimate of drug-likeness (QED) is 0.788. The molecule has 23 heavy (non-hydrogen) atoms. The topological polar surface area (TPSA) is 77.5 Å². The van der Waals surface area contributed by atoms with Gasteiger partial charge < -0.3 is 9.47 Å². The third kappa shape index (κ3) is 5.07. The van der Waals surface area contributed by atoms with Crippen LogP contribution in [0.2, 0.25) is 0 Å². The zero-order chi connectivity index (χ0) is 16.7. The van der Waals surface area contributed by atoms with Gasteiger partial charge in [-0.05, 0) is 24.6 Å². The highest BCUT2D eigenvalue weighted by atomic mass is 32.1. The molecule has 2 rings (SSSR count). The number of amides is 1. The fourth-order valence-electron chi connectivity index (χ4n) is 1.78. The van der Waals surface area contributed by atoms with Crippen LogP contribution in [0, 0.1) is 0 Å². The van der Waals surface area contributed by atoms with E-state index in [-0.39, 0.29) is 18.3 Å². The molecule has 0 saturated carbocycles. The summed E-state index contributed by atoms with van der Waals surface area (Å²) in [6, 6.07) is 6.97. The number of nitrogens with zero attached hydrogens (tertiary/aromatic N) is 1. The average Bonchev–Trinajstić information content (AvgIpc) is 2.99. The Morgan fingerprint density at radius 1 is 1.35 bits per heavy atom. The van der Waals surface area contributed by atoms with Crippen molar-refractivity contribution in [3.63, 3.8) is 0 Å². The number of thiazole rings is 1. The van der Waals surface area contributed by atoms with Crippen molar-refractivity contribution in [1.82, 2.24) is 4.98 Å². The smallest absolute Gasteiger partial charge is 0.311 e. The predicted octanol–water partition coefficient (Wildman–Crippen LogP) is 2.90. The van der Waals surface area contributed by atoms with Gasteiger partial charge in [-0.25, -0.2) is 4.98 Å². The summed E-state index contributed by atoms with van der Waals surface area (Å²) >= 11 is 1.26. The lowest BCUT2D eigenvalue weighted by Gasteiger charge is -2.06. The lowest BCUT2D eigenvalue weighted by Crippen LogP contribution is -2.12. The van der Waals surface area contributed by atoms with Gasteiger partial charge in [0.2, 0.25) is 0 Å². The van der Waals surface area contributed by atoms with Crippen LogP contribution < -0.4 is 10.1 Å². The predicted molar refractivity (Wildman–Crippen MR) is 88.0 cm³/mol. The number of methoxy groups -OCH3 is 1. The summed E-state index contributed by atoms with van der Waals surface area (Å²) in [5.41, 5.74) is 1.06. The summed E-state index contributed by atoms with van der Waals surface area (Å²) in [4.78, 5) is 27.6. The normalized spacial score (nSPS) is 10.2. The van der Waals surface area contributed by atoms with Crippen molar-refractivity contribution in [2.45, 2.75) is 19.8 Å². The maximum atomic E-state index is 12.2. The number of benzene rings is 1. The molecular weight excluding hydrogens is 316 g/mol. The second kappa shape index (κ2) is 8.28. The van der Waals surface area contributed by atoms with Crippen LogP contribution in [0.5, 0.6) is 5.75 Å². The molecule has 0 unspecified atom stereocenters. The highest BCUT2D eigenvalue weighted by Crippen LogP contribution is 2.19. The molecular formula is C16H18N2O4S. The second-order valence-corrected chi connectivity index (χ2v) is 5.59. The molecule has 0 atom stereocenters. The number of hydrogen-bond acceptors (Lipinski definition) is 6. The van der Waals surface area contributed by atoms with Crippen molar-refractivity contribution in [1.29, 1.82) is 0 Å². The molecule has 1 amide bonds. The molecule has 0 aliphatic rings. The molecule has 2 aromatic rings. The second-order valence-electron chi connectivity index (χ2n) is 4.73. The number of ether oxygens (including phenoxy) is 2. The molecule has 1 aromatic carbocycles. The van der Waals surface area contributed by atoms with Gasteiger partial charge in [0.15, 0.2) is 5.13 Å². The van der Waals surface area contributed by atoms with E-state index in [4.69, 9.17) is 4.74 Å². The Kier molecular flexibility index (Phi) is 6.10. The number of nitrogens with one attached hydrogen (secondary N) is 1. The van der Waals surface area contributed by atoms with Gasteiger partial charge in [-0.2, -0.15) is 0 Å². The van der Waals surface area contributed by atoms with E-state index in [0.717, 1.165) is 6.42 Å². The van der Waals surface area contributed by atoms with Crippen molar-refractivity contribution in [2.75, 3.05) is 19.0 Å². The van der Waals surface area contributed by atoms with Gasteiger partial charge in [0.05, 0.1) is 25.8 Å². The van der Waals surface area contributed by atoms with Crippen LogP contribution in [0.25, 0.3) is 0 Å². The third-order valence-electron chi connectivity index (χ3n) is 2.89. The molecule has 0 saturated heterocycles. The van der Waals surface area contributed by atoms with Crippen LogP contribution in [-0.2, 0) is 16.0 Å².